The normalized spacial score (nSPS) is 25.8. The first-order chi connectivity index (χ1) is 24.7. The molecule has 2 unspecified atom stereocenters. The van der Waals surface area contributed by atoms with Gasteiger partial charge in [0.25, 0.3) is 5.91 Å². The van der Waals surface area contributed by atoms with Crippen molar-refractivity contribution in [3.8, 4) is 0 Å². The summed E-state index contributed by atoms with van der Waals surface area (Å²) in [4.78, 5) is 87.9. The molecular weight excluding hydrogens is 686 g/mol. The van der Waals surface area contributed by atoms with E-state index in [2.05, 4.69) is 55.5 Å². The second-order valence-electron chi connectivity index (χ2n) is 20.6. The fourth-order valence-corrected chi connectivity index (χ4v) is 8.75. The van der Waals surface area contributed by atoms with Crippen LogP contribution in [0.15, 0.2) is 0 Å². The lowest BCUT2D eigenvalue weighted by molar-refractivity contribution is -0.143. The van der Waals surface area contributed by atoms with Crippen molar-refractivity contribution in [3.05, 3.63) is 0 Å². The highest BCUT2D eigenvalue weighted by molar-refractivity contribution is 6.37. The van der Waals surface area contributed by atoms with Crippen molar-refractivity contribution >= 4 is 35.4 Å². The molecule has 4 rings (SSSR count). The van der Waals surface area contributed by atoms with Crippen LogP contribution in [-0.4, -0.2) is 113 Å². The third-order valence-corrected chi connectivity index (χ3v) is 13.9. The van der Waals surface area contributed by atoms with Crippen LogP contribution in [0.4, 0.5) is 4.79 Å². The highest BCUT2D eigenvalue weighted by Gasteiger charge is 2.57. The molecule has 2 aliphatic carbocycles. The molecule has 0 aromatic carbocycles. The Hall–Kier alpha value is -3.22. The fraction of sp³-hybridized carbons (Fsp3) is 0.854. The number of rotatable bonds is 12. The number of likely N-dealkylation sites (N-methyl/N-ethyl adjacent to an activating group) is 1. The van der Waals surface area contributed by atoms with Crippen molar-refractivity contribution in [2.24, 2.45) is 39.2 Å². The lowest BCUT2D eigenvalue weighted by Crippen LogP contribution is -2.65. The number of nitrogens with one attached hydrogen (secondary N) is 3. The third-order valence-electron chi connectivity index (χ3n) is 13.9. The van der Waals surface area contributed by atoms with Gasteiger partial charge in [0.15, 0.2) is 0 Å². The van der Waals surface area contributed by atoms with Gasteiger partial charge in [0.05, 0.1) is 6.04 Å². The number of carbonyl (C=O) groups is 6. The molecule has 306 valence electrons. The monoisotopic (exact) mass is 758 g/mol. The van der Waals surface area contributed by atoms with Crippen LogP contribution in [0.3, 0.4) is 0 Å². The summed E-state index contributed by atoms with van der Waals surface area (Å²) in [5.74, 6) is -2.38. The van der Waals surface area contributed by atoms with E-state index in [1.54, 1.807) is 4.90 Å². The number of piperazine rings is 1. The van der Waals surface area contributed by atoms with Crippen molar-refractivity contribution < 1.29 is 28.8 Å². The Morgan fingerprint density at radius 1 is 0.759 bits per heavy atom. The number of likely N-dealkylation sites (tertiary alicyclic amines) is 1. The van der Waals surface area contributed by atoms with Crippen LogP contribution in [0.25, 0.3) is 0 Å². The molecule has 0 aromatic heterocycles. The van der Waals surface area contributed by atoms with Gasteiger partial charge < -0.3 is 31.5 Å². The molecule has 2 aliphatic heterocycles. The largest absolute Gasteiger partial charge is 0.363 e. The number of Topliss-reactive ketones (excluding diaryl/α,β-unsaturated/α-hetero) is 1. The van der Waals surface area contributed by atoms with Crippen LogP contribution in [0.2, 0.25) is 0 Å². The number of carbonyl (C=O) groups excluding carboxylic acids is 6. The average molecular weight is 758 g/mol. The lowest BCUT2D eigenvalue weighted by Gasteiger charge is -2.50. The fourth-order valence-electron chi connectivity index (χ4n) is 8.75. The minimum absolute atomic E-state index is 0.176. The summed E-state index contributed by atoms with van der Waals surface area (Å²) in [5.41, 5.74) is 3.11. The highest BCUT2D eigenvalue weighted by atomic mass is 16.2. The summed E-state index contributed by atoms with van der Waals surface area (Å²) < 4.78 is 0. The summed E-state index contributed by atoms with van der Waals surface area (Å²) >= 11 is 0. The zero-order valence-electron chi connectivity index (χ0n) is 35.3. The average Bonchev–Trinajstić information content (AvgIpc) is 3.37. The molecular formula is C41H71N7O6. The number of nitrogens with two attached hydrogens (primary N) is 1. The first-order valence-corrected chi connectivity index (χ1v) is 20.2. The molecule has 13 nitrogen and oxygen atoms in total. The molecule has 2 saturated heterocycles. The van der Waals surface area contributed by atoms with Crippen LogP contribution in [0, 0.1) is 33.5 Å². The maximum atomic E-state index is 14.9. The minimum atomic E-state index is -1.10. The second kappa shape index (κ2) is 15.7. The maximum Gasteiger partial charge on any atom is 0.316 e. The van der Waals surface area contributed by atoms with Gasteiger partial charge in [-0.2, -0.15) is 0 Å². The van der Waals surface area contributed by atoms with Gasteiger partial charge in [-0.05, 0) is 80.1 Å². The van der Waals surface area contributed by atoms with Crippen LogP contribution in [-0.2, 0) is 24.0 Å². The SMILES string of the molecule is CN1CCN(C(=O)[C@@H](NC(=O)N[C@@H](C(=O)N2CC(C)(C(C)(C)C3CCC3)C[C@H]2C(=O)NC(CC2CCC2)C(=O)C(N)=O)C(C)(C)C)C(C)(C)C)CC1(C)C. The Morgan fingerprint density at radius 3 is 1.74 bits per heavy atom. The van der Waals surface area contributed by atoms with Crippen LogP contribution in [0.1, 0.15) is 128 Å². The van der Waals surface area contributed by atoms with Gasteiger partial charge in [-0.3, -0.25) is 28.9 Å². The summed E-state index contributed by atoms with van der Waals surface area (Å²) in [6.07, 6.45) is 6.84. The number of ketones is 1. The number of hydrogen-bond donors (Lipinski definition) is 4. The van der Waals surface area contributed by atoms with E-state index in [4.69, 9.17) is 5.73 Å². The van der Waals surface area contributed by atoms with E-state index < -0.39 is 69.9 Å². The molecule has 0 bridgehead atoms. The Bertz CT molecular complexity index is 1460. The maximum absolute atomic E-state index is 14.9. The van der Waals surface area contributed by atoms with Gasteiger partial charge in [0, 0.05) is 31.7 Å². The van der Waals surface area contributed by atoms with Gasteiger partial charge in [-0.1, -0.05) is 88.0 Å². The Labute approximate surface area is 324 Å². The van der Waals surface area contributed by atoms with Gasteiger partial charge in [0.2, 0.25) is 23.5 Å². The quantitative estimate of drug-likeness (QED) is 0.219. The number of amides is 6. The number of hydrogen-bond acceptors (Lipinski definition) is 7. The minimum Gasteiger partial charge on any atom is -0.363 e. The zero-order valence-corrected chi connectivity index (χ0v) is 35.3. The van der Waals surface area contributed by atoms with E-state index in [1.807, 2.05) is 53.5 Å². The molecule has 4 aliphatic rings. The van der Waals surface area contributed by atoms with Gasteiger partial charge in [-0.15, -0.1) is 0 Å². The van der Waals surface area contributed by atoms with E-state index in [-0.39, 0.29) is 29.3 Å². The van der Waals surface area contributed by atoms with Gasteiger partial charge in [0.1, 0.15) is 18.1 Å². The molecule has 4 fully saturated rings. The second-order valence-corrected chi connectivity index (χ2v) is 20.6. The summed E-state index contributed by atoms with van der Waals surface area (Å²) in [7, 11) is 2.04. The van der Waals surface area contributed by atoms with Gasteiger partial charge in [-0.25, -0.2) is 4.79 Å². The molecule has 0 spiro atoms. The predicted octanol–water partition coefficient (Wildman–Crippen LogP) is 3.83. The highest BCUT2D eigenvalue weighted by Crippen LogP contribution is 2.57. The molecule has 0 radical (unpaired) electrons. The summed E-state index contributed by atoms with van der Waals surface area (Å²) in [6.45, 7) is 24.1. The number of urea groups is 1. The predicted molar refractivity (Wildman–Crippen MR) is 209 cm³/mol. The summed E-state index contributed by atoms with van der Waals surface area (Å²) in [5, 5.41) is 8.73. The molecule has 2 saturated carbocycles. The van der Waals surface area contributed by atoms with E-state index in [9.17, 15) is 28.8 Å². The van der Waals surface area contributed by atoms with E-state index >= 15 is 0 Å². The topological polar surface area (TPSA) is 174 Å². The van der Waals surface area contributed by atoms with E-state index in [1.165, 1.54) is 0 Å². The first kappa shape index (κ1) is 43.5. The molecule has 2 heterocycles. The van der Waals surface area contributed by atoms with Crippen molar-refractivity contribution in [2.75, 3.05) is 33.2 Å². The molecule has 13 heteroatoms. The number of primary amides is 1. The first-order valence-electron chi connectivity index (χ1n) is 20.2. The molecule has 54 heavy (non-hydrogen) atoms. The molecule has 5 N–H and O–H groups in total. The van der Waals surface area contributed by atoms with Crippen molar-refractivity contribution in [3.63, 3.8) is 0 Å². The summed E-state index contributed by atoms with van der Waals surface area (Å²) in [6, 6.07) is -4.57. The van der Waals surface area contributed by atoms with Crippen LogP contribution in [0.5, 0.6) is 0 Å². The van der Waals surface area contributed by atoms with E-state index in [0.29, 0.717) is 38.4 Å². The third kappa shape index (κ3) is 9.24. The number of nitrogens with zero attached hydrogens (tertiary/aromatic N) is 3. The van der Waals surface area contributed by atoms with Gasteiger partial charge >= 0.3 is 6.03 Å². The molecule has 5 atom stereocenters. The van der Waals surface area contributed by atoms with Crippen molar-refractivity contribution in [1.29, 1.82) is 0 Å². The standard InChI is InChI=1S/C41H71N7O6/c1-37(2,3)30(34(52)47-20-19-46(12)39(7,8)23-47)44-36(54)45-31(38(4,5)6)35(53)48-24-41(11,40(9,10)26-17-14-18-26)22-28(48)33(51)43-27(29(49)32(42)50)21-25-15-13-16-25/h25-28,30-31H,13-24H2,1-12H3,(H2,42,50)(H,43,51)(H2,44,45,54)/t27?,28-,30+,31-,41?/m0/s1. The van der Waals surface area contributed by atoms with Crippen LogP contribution >= 0.6 is 0 Å². The Balaban J connectivity index is 1.62. The smallest absolute Gasteiger partial charge is 0.316 e. The molecule has 0 aromatic rings. The molecule has 6 amide bonds. The lowest BCUT2D eigenvalue weighted by atomic mass is 9.54. The van der Waals surface area contributed by atoms with E-state index in [0.717, 1.165) is 38.5 Å². The van der Waals surface area contributed by atoms with Crippen LogP contribution < -0.4 is 21.7 Å². The zero-order chi connectivity index (χ0) is 40.8. The Kier molecular flexibility index (Phi) is 12.7. The Morgan fingerprint density at radius 2 is 1.30 bits per heavy atom. The van der Waals surface area contributed by atoms with Crippen molar-refractivity contribution in [1.82, 2.24) is 30.7 Å². The van der Waals surface area contributed by atoms with Crippen molar-refractivity contribution in [2.45, 2.75) is 157 Å².